The molecule has 0 radical (unpaired) electrons. The third-order valence-corrected chi connectivity index (χ3v) is 28.5. The van der Waals surface area contributed by atoms with Gasteiger partial charge in [0.1, 0.15) is 12.4 Å². The summed E-state index contributed by atoms with van der Waals surface area (Å²) in [5.41, 5.74) is -1.05. The van der Waals surface area contributed by atoms with Gasteiger partial charge >= 0.3 is 13.6 Å². The summed E-state index contributed by atoms with van der Waals surface area (Å²) in [5, 5.41) is 0.0724. The Kier molecular flexibility index (Phi) is 26.1. The first kappa shape index (κ1) is 70.3. The molecule has 4 fully saturated rings. The molecule has 0 bridgehead atoms. The van der Waals surface area contributed by atoms with Gasteiger partial charge in [-0.3, -0.25) is 14.2 Å². The van der Waals surface area contributed by atoms with E-state index in [-0.39, 0.29) is 96.2 Å². The Bertz CT molecular complexity index is 1980. The Labute approximate surface area is 481 Å². The van der Waals surface area contributed by atoms with Gasteiger partial charge in [0.2, 0.25) is 0 Å². The van der Waals surface area contributed by atoms with Crippen molar-refractivity contribution in [3.05, 3.63) is 24.3 Å². The smallest absolute Gasteiger partial charge is 0.344 e. The average Bonchev–Trinajstić information content (AvgIpc) is 3.27. The number of carbonyl (C=O) groups is 2. The molecule has 4 aliphatic heterocycles. The highest BCUT2D eigenvalue weighted by molar-refractivity contribution is 7.55. The third-order valence-electron chi connectivity index (χ3n) is 17.0. The van der Waals surface area contributed by atoms with Crippen LogP contribution in [0, 0.1) is 11.8 Å². The van der Waals surface area contributed by atoms with E-state index in [1.54, 1.807) is 26.8 Å². The Balaban J connectivity index is 1.46. The summed E-state index contributed by atoms with van der Waals surface area (Å²) in [6.07, 6.45) is 15.6. The minimum absolute atomic E-state index is 0.00505. The molecule has 0 aromatic rings. The van der Waals surface area contributed by atoms with Gasteiger partial charge in [0.15, 0.2) is 39.7 Å². The summed E-state index contributed by atoms with van der Waals surface area (Å²) in [4.78, 5) is 24.5. The first-order valence-corrected chi connectivity index (χ1v) is 37.7. The number of hydrogen-bond acceptors (Lipinski definition) is 15. The number of esters is 1. The van der Waals surface area contributed by atoms with Crippen molar-refractivity contribution in [1.82, 2.24) is 0 Å². The number of hydrogen-bond donors (Lipinski definition) is 0. The van der Waals surface area contributed by atoms with Crippen molar-refractivity contribution in [3.8, 4) is 0 Å². The van der Waals surface area contributed by atoms with Crippen LogP contribution in [0.1, 0.15) is 202 Å². The molecule has 18 heteroatoms. The molecule has 0 saturated carbocycles. The zero-order valence-electron chi connectivity index (χ0n) is 53.4. The van der Waals surface area contributed by atoms with E-state index in [1.165, 1.54) is 6.08 Å². The maximum Gasteiger partial charge on any atom is 0.344 e. The number of carbonyl (C=O) groups excluding carboxylic acids is 2. The number of aldehydes is 1. The molecule has 4 rings (SSSR count). The first-order chi connectivity index (χ1) is 36.3. The van der Waals surface area contributed by atoms with E-state index in [2.05, 4.69) is 94.6 Å². The van der Waals surface area contributed by atoms with E-state index in [1.807, 2.05) is 47.6 Å². The van der Waals surface area contributed by atoms with Gasteiger partial charge in [0.25, 0.3) is 0 Å². The molecule has 0 amide bonds. The van der Waals surface area contributed by atoms with E-state index in [9.17, 15) is 14.2 Å². The van der Waals surface area contributed by atoms with Crippen LogP contribution in [0.2, 0.25) is 36.3 Å². The highest BCUT2D eigenvalue weighted by Crippen LogP contribution is 2.53. The van der Waals surface area contributed by atoms with E-state index >= 15 is 0 Å². The zero-order valence-corrected chi connectivity index (χ0v) is 56.3. The predicted octanol–water partition coefficient (Wildman–Crippen LogP) is 14.9. The highest BCUT2D eigenvalue weighted by Gasteiger charge is 2.48. The van der Waals surface area contributed by atoms with Crippen LogP contribution in [0.4, 0.5) is 0 Å². The molecule has 4 aliphatic rings. The van der Waals surface area contributed by atoms with Crippen LogP contribution in [0.15, 0.2) is 24.3 Å². The lowest BCUT2D eigenvalue weighted by Gasteiger charge is -2.47. The van der Waals surface area contributed by atoms with Gasteiger partial charge in [-0.25, -0.2) is 0 Å². The lowest BCUT2D eigenvalue weighted by Crippen LogP contribution is -2.52. The van der Waals surface area contributed by atoms with Gasteiger partial charge in [0.05, 0.1) is 62.0 Å². The number of rotatable bonds is 28. The predicted molar refractivity (Wildman–Crippen MR) is 318 cm³/mol. The molecule has 4 saturated heterocycles. The lowest BCUT2D eigenvalue weighted by molar-refractivity contribution is -0.336. The van der Waals surface area contributed by atoms with Crippen LogP contribution >= 0.6 is 7.60 Å². The molecule has 4 heterocycles. The molecule has 0 spiro atoms. The fraction of sp³-hybridized carbons (Fsp3) is 0.902. The van der Waals surface area contributed by atoms with Crippen LogP contribution in [-0.2, 0) is 69.9 Å². The molecule has 0 aliphatic carbocycles. The van der Waals surface area contributed by atoms with Gasteiger partial charge in [0, 0.05) is 50.7 Å². The Morgan fingerprint density at radius 1 is 0.620 bits per heavy atom. The van der Waals surface area contributed by atoms with E-state index in [0.29, 0.717) is 38.5 Å². The van der Waals surface area contributed by atoms with Gasteiger partial charge in [-0.1, -0.05) is 80.5 Å². The van der Waals surface area contributed by atoms with Crippen LogP contribution in [-0.4, -0.2) is 132 Å². The summed E-state index contributed by atoms with van der Waals surface area (Å²) in [5.74, 6) is -3.02. The number of ether oxygens (including phenoxy) is 8. The molecule has 13 atom stereocenters. The standard InChI is InChI=1S/C61H113O15PSi2/c1-23-65-77(64,66-24-2)44(6)56(63)68-55(42(3)4)43(5)30-31-46(75-78(19,20)57(7,8)9)34-48-37-50(71-59(13,14)69-48)39-52-41-53(74-61(17,18)73-52)40-51-38-49(70-60(15,16)72-51)35-47-36-54(76-79(21,22)58(10,11)12)33-45(67-47)29-27-25-26-28-32-62/h25-28,32,42-55H,23-24,29-31,33-41H2,1-22H3/b27-25+,28-26+/t43-,44?,45+,46-,47-,48-,49-,50-,51+,52+,53-,54-,55-/m0/s1. The largest absolute Gasteiger partial charge is 0.461 e. The summed E-state index contributed by atoms with van der Waals surface area (Å²) in [6, 6.07) is 0. The van der Waals surface area contributed by atoms with Crippen LogP contribution in [0.3, 0.4) is 0 Å². The van der Waals surface area contributed by atoms with E-state index < -0.39 is 59.3 Å². The molecule has 0 aromatic heterocycles. The summed E-state index contributed by atoms with van der Waals surface area (Å²) < 4.78 is 92.2. The molecule has 0 N–H and O–H groups in total. The molecular formula is C61H113O15PSi2. The van der Waals surface area contributed by atoms with Crippen LogP contribution < -0.4 is 0 Å². The molecular weight excluding hydrogens is 1060 g/mol. The van der Waals surface area contributed by atoms with Crippen molar-refractivity contribution in [1.29, 1.82) is 0 Å². The van der Waals surface area contributed by atoms with Gasteiger partial charge < -0.3 is 55.8 Å². The number of allylic oxidation sites excluding steroid dienone is 3. The average molecular weight is 1170 g/mol. The van der Waals surface area contributed by atoms with Gasteiger partial charge in [-0.15, -0.1) is 0 Å². The summed E-state index contributed by atoms with van der Waals surface area (Å²) in [6.45, 7) is 46.5. The van der Waals surface area contributed by atoms with Crippen molar-refractivity contribution in [2.75, 3.05) is 13.2 Å². The first-order valence-electron chi connectivity index (χ1n) is 30.2. The molecule has 460 valence electrons. The van der Waals surface area contributed by atoms with Crippen molar-refractivity contribution >= 4 is 36.5 Å². The fourth-order valence-electron chi connectivity index (χ4n) is 11.5. The highest BCUT2D eigenvalue weighted by atomic mass is 31.2. The second kappa shape index (κ2) is 29.3. The Hall–Kier alpha value is -1.16. The quantitative estimate of drug-likeness (QED) is 0.0181. The summed E-state index contributed by atoms with van der Waals surface area (Å²) in [7, 11) is -7.98. The minimum Gasteiger partial charge on any atom is -0.461 e. The second-order valence-corrected chi connectivity index (χ2v) is 40.0. The SMILES string of the molecule is CCOP(=O)(OCC)C(C)C(=O)O[C@@H](C(C)C)[C@@H](C)CC[C@@H](C[C@H]1C[C@@H](C[C@@H]2C[C@H](C[C@H]3C[C@H](C[C@H]4C[C@@H](O[Si](C)(C)C(C)(C)C)C[C@@H](C/C=C/C=C/C=O)O4)OC(C)(C)O3)OC(C)(C)O2)OC(C)(C)O1)O[Si](C)(C)C(C)(C)C. The lowest BCUT2D eigenvalue weighted by atomic mass is 9.88. The third kappa shape index (κ3) is 22.3. The summed E-state index contributed by atoms with van der Waals surface area (Å²) >= 11 is 0. The Morgan fingerprint density at radius 2 is 1.06 bits per heavy atom. The maximum absolute atomic E-state index is 13.6. The Morgan fingerprint density at radius 3 is 1.51 bits per heavy atom. The fourth-order valence-corrected chi connectivity index (χ4v) is 15.8. The minimum atomic E-state index is -3.70. The molecule has 15 nitrogen and oxygen atoms in total. The van der Waals surface area contributed by atoms with E-state index in [0.717, 1.165) is 44.8 Å². The van der Waals surface area contributed by atoms with Crippen molar-refractivity contribution in [2.45, 2.75) is 328 Å². The molecule has 1 unspecified atom stereocenters. The second-order valence-electron chi connectivity index (χ2n) is 28.1. The normalized spacial score (nSPS) is 29.8. The zero-order chi connectivity index (χ0) is 59.6. The van der Waals surface area contributed by atoms with Crippen molar-refractivity contribution < 1.29 is 69.9 Å². The van der Waals surface area contributed by atoms with Crippen LogP contribution in [0.5, 0.6) is 0 Å². The van der Waals surface area contributed by atoms with Crippen molar-refractivity contribution in [2.24, 2.45) is 11.8 Å². The maximum atomic E-state index is 13.6. The van der Waals surface area contributed by atoms with Gasteiger partial charge in [-0.2, -0.15) is 0 Å². The monoisotopic (exact) mass is 1170 g/mol. The van der Waals surface area contributed by atoms with E-state index in [4.69, 9.17) is 55.8 Å². The van der Waals surface area contributed by atoms with Crippen LogP contribution in [0.25, 0.3) is 0 Å². The molecule has 79 heavy (non-hydrogen) atoms. The molecule has 0 aromatic carbocycles. The topological polar surface area (TPSA) is 162 Å². The van der Waals surface area contributed by atoms with Crippen molar-refractivity contribution in [3.63, 3.8) is 0 Å². The van der Waals surface area contributed by atoms with Gasteiger partial charge in [-0.05, 0) is 155 Å².